The van der Waals surface area contributed by atoms with Crippen LogP contribution in [0.4, 0.5) is 24.5 Å². The standard InChI is InChI=1S/C26H32ClF3N4OS/c27-20-5-9-23(10-6-20)33-17-15-32(16-18-33)13-2-4-25(35)34-14-1-3-22(19-34)31-21-7-11-24(12-8-21)36-26(28,29)30/h5-12,22,31H,1-4,13-19H2/t22-/m0/s1. The second kappa shape index (κ2) is 12.4. The van der Waals surface area contributed by atoms with Crippen molar-refractivity contribution in [3.8, 4) is 0 Å². The maximum atomic E-state index is 12.8. The summed E-state index contributed by atoms with van der Waals surface area (Å²) in [6.45, 7) is 6.18. The highest BCUT2D eigenvalue weighted by atomic mass is 35.5. The van der Waals surface area contributed by atoms with Crippen LogP contribution in [0.1, 0.15) is 25.7 Å². The number of hydrogen-bond acceptors (Lipinski definition) is 5. The Balaban J connectivity index is 1.16. The zero-order valence-corrected chi connectivity index (χ0v) is 21.7. The van der Waals surface area contributed by atoms with E-state index in [1.807, 2.05) is 17.0 Å². The van der Waals surface area contributed by atoms with Crippen LogP contribution >= 0.6 is 23.4 Å². The average molecular weight is 541 g/mol. The van der Waals surface area contributed by atoms with Gasteiger partial charge in [0.05, 0.1) is 0 Å². The molecule has 10 heteroatoms. The van der Waals surface area contributed by atoms with Crippen LogP contribution in [0.2, 0.25) is 5.02 Å². The lowest BCUT2D eigenvalue weighted by Crippen LogP contribution is -2.47. The minimum atomic E-state index is -4.29. The number of carbonyl (C=O) groups excluding carboxylic acids is 1. The number of nitrogens with zero attached hydrogens (tertiary/aromatic N) is 3. The molecule has 0 saturated carbocycles. The summed E-state index contributed by atoms with van der Waals surface area (Å²) in [5.41, 5.74) is -2.32. The van der Waals surface area contributed by atoms with Crippen molar-refractivity contribution in [3.05, 3.63) is 53.6 Å². The van der Waals surface area contributed by atoms with Crippen molar-refractivity contribution in [2.24, 2.45) is 0 Å². The Bertz CT molecular complexity index is 982. The summed E-state index contributed by atoms with van der Waals surface area (Å²) in [6, 6.07) is 14.3. The summed E-state index contributed by atoms with van der Waals surface area (Å²) in [7, 11) is 0. The van der Waals surface area contributed by atoms with Crippen molar-refractivity contribution >= 4 is 40.6 Å². The van der Waals surface area contributed by atoms with Gasteiger partial charge < -0.3 is 15.1 Å². The molecule has 36 heavy (non-hydrogen) atoms. The molecule has 4 rings (SSSR count). The smallest absolute Gasteiger partial charge is 0.381 e. The number of halogens is 4. The van der Waals surface area contributed by atoms with Gasteiger partial charge in [-0.1, -0.05) is 11.6 Å². The number of benzene rings is 2. The lowest BCUT2D eigenvalue weighted by atomic mass is 10.0. The molecule has 0 spiro atoms. The summed E-state index contributed by atoms with van der Waals surface area (Å²) >= 11 is 5.87. The molecule has 5 nitrogen and oxygen atoms in total. The minimum Gasteiger partial charge on any atom is -0.381 e. The van der Waals surface area contributed by atoms with Crippen molar-refractivity contribution in [1.29, 1.82) is 0 Å². The molecule has 0 unspecified atom stereocenters. The lowest BCUT2D eigenvalue weighted by Gasteiger charge is -2.36. The van der Waals surface area contributed by atoms with Crippen LogP contribution in [0.25, 0.3) is 0 Å². The van der Waals surface area contributed by atoms with E-state index in [-0.39, 0.29) is 28.6 Å². The number of hydrogen-bond donors (Lipinski definition) is 1. The third-order valence-electron chi connectivity index (χ3n) is 6.66. The molecule has 2 heterocycles. The summed E-state index contributed by atoms with van der Waals surface area (Å²) in [5.74, 6) is 0.179. The molecule has 2 fully saturated rings. The molecule has 196 valence electrons. The summed E-state index contributed by atoms with van der Waals surface area (Å²) < 4.78 is 37.6. The van der Waals surface area contributed by atoms with E-state index in [9.17, 15) is 18.0 Å². The Morgan fingerprint density at radius 1 is 1.00 bits per heavy atom. The number of piperidine rings is 1. The van der Waals surface area contributed by atoms with Crippen molar-refractivity contribution in [1.82, 2.24) is 9.80 Å². The number of likely N-dealkylation sites (tertiary alicyclic amines) is 1. The van der Waals surface area contributed by atoms with Crippen molar-refractivity contribution in [2.75, 3.05) is 56.0 Å². The molecule has 0 bridgehead atoms. The number of carbonyl (C=O) groups is 1. The maximum Gasteiger partial charge on any atom is 0.446 e. The Morgan fingerprint density at radius 2 is 1.69 bits per heavy atom. The summed E-state index contributed by atoms with van der Waals surface area (Å²) in [4.78, 5) is 19.7. The number of nitrogens with one attached hydrogen (secondary N) is 1. The predicted molar refractivity (Wildman–Crippen MR) is 141 cm³/mol. The first-order valence-corrected chi connectivity index (χ1v) is 13.6. The van der Waals surface area contributed by atoms with Gasteiger partial charge in [0, 0.05) is 73.0 Å². The maximum absolute atomic E-state index is 12.8. The predicted octanol–water partition coefficient (Wildman–Crippen LogP) is 5.96. The molecule has 1 N–H and O–H groups in total. The fourth-order valence-corrected chi connectivity index (χ4v) is 5.47. The van der Waals surface area contributed by atoms with Gasteiger partial charge in [-0.15, -0.1) is 0 Å². The molecule has 2 aromatic rings. The number of rotatable bonds is 8. The van der Waals surface area contributed by atoms with E-state index in [1.165, 1.54) is 17.8 Å². The second-order valence-corrected chi connectivity index (χ2v) is 10.9. The fourth-order valence-electron chi connectivity index (χ4n) is 4.80. The number of amides is 1. The zero-order chi connectivity index (χ0) is 25.5. The van der Waals surface area contributed by atoms with Crippen molar-refractivity contribution in [3.63, 3.8) is 0 Å². The van der Waals surface area contributed by atoms with Crippen molar-refractivity contribution < 1.29 is 18.0 Å². The van der Waals surface area contributed by atoms with Gasteiger partial charge in [0.25, 0.3) is 0 Å². The molecule has 2 saturated heterocycles. The highest BCUT2D eigenvalue weighted by Gasteiger charge is 2.29. The molecule has 0 aliphatic carbocycles. The van der Waals surface area contributed by atoms with Gasteiger partial charge in [-0.2, -0.15) is 13.2 Å². The van der Waals surface area contributed by atoms with Gasteiger partial charge in [0.1, 0.15) is 0 Å². The van der Waals surface area contributed by atoms with Crippen molar-refractivity contribution in [2.45, 2.75) is 42.1 Å². The lowest BCUT2D eigenvalue weighted by molar-refractivity contribution is -0.132. The van der Waals surface area contributed by atoms with E-state index in [2.05, 4.69) is 27.2 Å². The molecule has 0 radical (unpaired) electrons. The number of alkyl halides is 3. The summed E-state index contributed by atoms with van der Waals surface area (Å²) in [6.07, 6.45) is 3.22. The van der Waals surface area contributed by atoms with Crippen LogP contribution in [0.3, 0.4) is 0 Å². The molecular weight excluding hydrogens is 509 g/mol. The zero-order valence-electron chi connectivity index (χ0n) is 20.1. The second-order valence-electron chi connectivity index (χ2n) is 9.30. The van der Waals surface area contributed by atoms with Crippen LogP contribution < -0.4 is 10.2 Å². The van der Waals surface area contributed by atoms with Gasteiger partial charge in [0.2, 0.25) is 5.91 Å². The third kappa shape index (κ3) is 8.21. The molecular formula is C26H32ClF3N4OS. The first kappa shape index (κ1) is 26.9. The monoisotopic (exact) mass is 540 g/mol. The van der Waals surface area contributed by atoms with E-state index in [4.69, 9.17) is 11.6 Å². The van der Waals surface area contributed by atoms with Gasteiger partial charge >= 0.3 is 5.51 Å². The number of anilines is 2. The van der Waals surface area contributed by atoms with Gasteiger partial charge in [-0.3, -0.25) is 9.69 Å². The van der Waals surface area contributed by atoms with Crippen LogP contribution in [0, 0.1) is 0 Å². The van der Waals surface area contributed by atoms with E-state index in [1.54, 1.807) is 12.1 Å². The van der Waals surface area contributed by atoms with Crippen LogP contribution in [-0.2, 0) is 4.79 Å². The Kier molecular flexibility index (Phi) is 9.30. The molecule has 1 atom stereocenters. The van der Waals surface area contributed by atoms with E-state index in [0.717, 1.165) is 69.2 Å². The normalized spacial score (nSPS) is 19.4. The van der Waals surface area contributed by atoms with E-state index >= 15 is 0 Å². The molecule has 2 aliphatic heterocycles. The Morgan fingerprint density at radius 3 is 2.36 bits per heavy atom. The van der Waals surface area contributed by atoms with Gasteiger partial charge in [-0.05, 0) is 86.1 Å². The van der Waals surface area contributed by atoms with E-state index in [0.29, 0.717) is 13.0 Å². The highest BCUT2D eigenvalue weighted by molar-refractivity contribution is 8.00. The molecule has 2 aromatic carbocycles. The first-order valence-electron chi connectivity index (χ1n) is 12.4. The van der Waals surface area contributed by atoms with Crippen LogP contribution in [0.15, 0.2) is 53.4 Å². The largest absolute Gasteiger partial charge is 0.446 e. The molecule has 0 aromatic heterocycles. The quantitative estimate of drug-likeness (QED) is 0.418. The topological polar surface area (TPSA) is 38.8 Å². The number of piperazine rings is 1. The first-order chi connectivity index (χ1) is 17.2. The number of thioether (sulfide) groups is 1. The van der Waals surface area contributed by atoms with Crippen LogP contribution in [0.5, 0.6) is 0 Å². The molecule has 1 amide bonds. The summed E-state index contributed by atoms with van der Waals surface area (Å²) in [5, 5.41) is 4.13. The molecule has 2 aliphatic rings. The minimum absolute atomic E-state index is 0.102. The third-order valence-corrected chi connectivity index (χ3v) is 7.65. The fraction of sp³-hybridized carbons (Fsp3) is 0.500. The van der Waals surface area contributed by atoms with Crippen LogP contribution in [-0.4, -0.2) is 73.1 Å². The van der Waals surface area contributed by atoms with E-state index < -0.39 is 5.51 Å². The Labute approximate surface area is 219 Å². The highest BCUT2D eigenvalue weighted by Crippen LogP contribution is 2.37. The Hall–Kier alpha value is -2.10. The van der Waals surface area contributed by atoms with Gasteiger partial charge in [0.15, 0.2) is 0 Å². The SMILES string of the molecule is O=C(CCCN1CCN(c2ccc(Cl)cc2)CC1)N1CCC[C@H](Nc2ccc(SC(F)(F)F)cc2)C1. The average Bonchev–Trinajstić information content (AvgIpc) is 2.85. The van der Waals surface area contributed by atoms with Gasteiger partial charge in [-0.25, -0.2) is 0 Å².